The standard InChI is InChI=1S/C15H23N3O2/c1-10(16)11(2)18(3)14(15(17)19)9-12-5-7-13(20-4)8-6-12/h5-8,10,14H,2,9,16H2,1,3-4H3,(H2,17,19)/t10-,14-/m0/s1. The van der Waals surface area contributed by atoms with Gasteiger partial charge in [-0.25, -0.2) is 0 Å². The Kier molecular flexibility index (Phi) is 5.58. The van der Waals surface area contributed by atoms with E-state index in [4.69, 9.17) is 16.2 Å². The maximum atomic E-state index is 11.7. The maximum Gasteiger partial charge on any atom is 0.240 e. The van der Waals surface area contributed by atoms with Crippen LogP contribution in [0.25, 0.3) is 0 Å². The minimum Gasteiger partial charge on any atom is -0.497 e. The van der Waals surface area contributed by atoms with Crippen LogP contribution in [0.15, 0.2) is 36.5 Å². The molecule has 0 spiro atoms. The van der Waals surface area contributed by atoms with Gasteiger partial charge in [0, 0.05) is 25.2 Å². The zero-order chi connectivity index (χ0) is 15.3. The summed E-state index contributed by atoms with van der Waals surface area (Å²) in [6, 6.07) is 6.84. The molecule has 0 saturated carbocycles. The molecule has 5 nitrogen and oxygen atoms in total. The Morgan fingerprint density at radius 1 is 1.40 bits per heavy atom. The van der Waals surface area contributed by atoms with Crippen molar-refractivity contribution in [1.82, 2.24) is 4.90 Å². The molecule has 0 aromatic heterocycles. The summed E-state index contributed by atoms with van der Waals surface area (Å²) < 4.78 is 5.11. The highest BCUT2D eigenvalue weighted by Gasteiger charge is 2.23. The first-order valence-corrected chi connectivity index (χ1v) is 6.46. The smallest absolute Gasteiger partial charge is 0.240 e. The van der Waals surface area contributed by atoms with Gasteiger partial charge < -0.3 is 21.1 Å². The molecule has 4 N–H and O–H groups in total. The van der Waals surface area contributed by atoms with Crippen molar-refractivity contribution in [1.29, 1.82) is 0 Å². The summed E-state index contributed by atoms with van der Waals surface area (Å²) in [6.45, 7) is 5.72. The highest BCUT2D eigenvalue weighted by atomic mass is 16.5. The molecule has 0 aliphatic heterocycles. The van der Waals surface area contributed by atoms with Crippen LogP contribution in [-0.4, -0.2) is 37.0 Å². The van der Waals surface area contributed by atoms with Crippen LogP contribution in [-0.2, 0) is 11.2 Å². The molecule has 5 heteroatoms. The van der Waals surface area contributed by atoms with E-state index in [1.165, 1.54) is 0 Å². The number of amides is 1. The molecule has 2 atom stereocenters. The van der Waals surface area contributed by atoms with Crippen molar-refractivity contribution in [3.8, 4) is 5.75 Å². The van der Waals surface area contributed by atoms with Crippen LogP contribution >= 0.6 is 0 Å². The van der Waals surface area contributed by atoms with Crippen molar-refractivity contribution in [2.24, 2.45) is 11.5 Å². The van der Waals surface area contributed by atoms with E-state index < -0.39 is 11.9 Å². The number of carbonyl (C=O) groups excluding carboxylic acids is 1. The zero-order valence-corrected chi connectivity index (χ0v) is 12.3. The lowest BCUT2D eigenvalue weighted by Gasteiger charge is -2.31. The lowest BCUT2D eigenvalue weighted by Crippen LogP contribution is -2.46. The number of methoxy groups -OCH3 is 1. The summed E-state index contributed by atoms with van der Waals surface area (Å²) in [4.78, 5) is 13.4. The number of benzene rings is 1. The summed E-state index contributed by atoms with van der Waals surface area (Å²) in [7, 11) is 3.40. The van der Waals surface area contributed by atoms with Crippen LogP contribution in [0.4, 0.5) is 0 Å². The van der Waals surface area contributed by atoms with Gasteiger partial charge in [0.05, 0.1) is 7.11 Å². The van der Waals surface area contributed by atoms with Crippen LogP contribution in [0.1, 0.15) is 12.5 Å². The minimum atomic E-state index is -0.470. The molecule has 1 aromatic rings. The van der Waals surface area contributed by atoms with Gasteiger partial charge in [-0.1, -0.05) is 18.7 Å². The summed E-state index contributed by atoms with van der Waals surface area (Å²) in [5.74, 6) is 0.378. The molecule has 0 heterocycles. The summed E-state index contributed by atoms with van der Waals surface area (Å²) in [5, 5.41) is 0. The minimum absolute atomic E-state index is 0.224. The topological polar surface area (TPSA) is 81.6 Å². The predicted molar refractivity (Wildman–Crippen MR) is 80.2 cm³/mol. The van der Waals surface area contributed by atoms with Gasteiger partial charge in [-0.3, -0.25) is 4.79 Å². The number of hydrogen-bond donors (Lipinski definition) is 2. The SMILES string of the molecule is C=C([C@H](C)N)N(C)[C@@H](Cc1ccc(OC)cc1)C(N)=O. The number of hydrogen-bond acceptors (Lipinski definition) is 4. The Balaban J connectivity index is 2.86. The monoisotopic (exact) mass is 277 g/mol. The van der Waals surface area contributed by atoms with Gasteiger partial charge in [0.1, 0.15) is 11.8 Å². The number of nitrogens with two attached hydrogens (primary N) is 2. The second-order valence-corrected chi connectivity index (χ2v) is 4.86. The highest BCUT2D eigenvalue weighted by Crippen LogP contribution is 2.16. The largest absolute Gasteiger partial charge is 0.497 e. The van der Waals surface area contributed by atoms with Gasteiger partial charge in [0.15, 0.2) is 0 Å². The summed E-state index contributed by atoms with van der Waals surface area (Å²) >= 11 is 0. The van der Waals surface area contributed by atoms with E-state index in [2.05, 4.69) is 6.58 Å². The second-order valence-electron chi connectivity index (χ2n) is 4.86. The molecular weight excluding hydrogens is 254 g/mol. The number of likely N-dealkylation sites (N-methyl/N-ethyl adjacent to an activating group) is 1. The van der Waals surface area contributed by atoms with Crippen molar-refractivity contribution in [3.63, 3.8) is 0 Å². The van der Waals surface area contributed by atoms with Gasteiger partial charge in [-0.15, -0.1) is 0 Å². The third kappa shape index (κ3) is 3.99. The molecule has 20 heavy (non-hydrogen) atoms. The molecule has 1 aromatic carbocycles. The van der Waals surface area contributed by atoms with Gasteiger partial charge >= 0.3 is 0 Å². The van der Waals surface area contributed by atoms with Gasteiger partial charge in [0.2, 0.25) is 5.91 Å². The molecule has 110 valence electrons. The van der Waals surface area contributed by atoms with E-state index in [0.717, 1.165) is 11.3 Å². The third-order valence-electron chi connectivity index (χ3n) is 3.36. The van der Waals surface area contributed by atoms with E-state index in [1.807, 2.05) is 31.2 Å². The first-order valence-electron chi connectivity index (χ1n) is 6.46. The number of ether oxygens (including phenoxy) is 1. The van der Waals surface area contributed by atoms with Crippen molar-refractivity contribution in [2.75, 3.05) is 14.2 Å². The Morgan fingerprint density at radius 3 is 2.35 bits per heavy atom. The lowest BCUT2D eigenvalue weighted by molar-refractivity contribution is -0.122. The first-order chi connectivity index (χ1) is 9.36. The van der Waals surface area contributed by atoms with Crippen LogP contribution in [0.3, 0.4) is 0 Å². The molecule has 0 aliphatic rings. The Bertz CT molecular complexity index is 469. The molecule has 1 rings (SSSR count). The van der Waals surface area contributed by atoms with Crippen LogP contribution in [0.2, 0.25) is 0 Å². The summed E-state index contributed by atoms with van der Waals surface area (Å²) in [6.07, 6.45) is 0.502. The van der Waals surface area contributed by atoms with Crippen LogP contribution in [0.5, 0.6) is 5.75 Å². The van der Waals surface area contributed by atoms with E-state index >= 15 is 0 Å². The second kappa shape index (κ2) is 6.96. The molecular formula is C15H23N3O2. The number of rotatable bonds is 7. The fourth-order valence-electron chi connectivity index (χ4n) is 1.93. The maximum absolute atomic E-state index is 11.7. The number of nitrogens with zero attached hydrogens (tertiary/aromatic N) is 1. The van der Waals surface area contributed by atoms with Crippen molar-refractivity contribution in [2.45, 2.75) is 25.4 Å². The lowest BCUT2D eigenvalue weighted by atomic mass is 10.0. The average Bonchev–Trinajstić information content (AvgIpc) is 2.43. The van der Waals surface area contributed by atoms with Gasteiger partial charge in [0.25, 0.3) is 0 Å². The van der Waals surface area contributed by atoms with Crippen LogP contribution < -0.4 is 16.2 Å². The van der Waals surface area contributed by atoms with Crippen LogP contribution in [0, 0.1) is 0 Å². The predicted octanol–water partition coefficient (Wildman–Crippen LogP) is 0.884. The number of carbonyl (C=O) groups is 1. The molecule has 0 fully saturated rings. The van der Waals surface area contributed by atoms with Gasteiger partial charge in [-0.05, 0) is 24.6 Å². The normalized spacial score (nSPS) is 13.4. The van der Waals surface area contributed by atoms with E-state index in [9.17, 15) is 4.79 Å². The van der Waals surface area contributed by atoms with E-state index in [-0.39, 0.29) is 6.04 Å². The van der Waals surface area contributed by atoms with E-state index in [1.54, 1.807) is 19.1 Å². The Hall–Kier alpha value is -2.01. The quantitative estimate of drug-likeness (QED) is 0.775. The van der Waals surface area contributed by atoms with E-state index in [0.29, 0.717) is 12.1 Å². The average molecular weight is 277 g/mol. The molecule has 0 saturated heterocycles. The molecule has 0 aliphatic carbocycles. The Morgan fingerprint density at radius 2 is 1.95 bits per heavy atom. The van der Waals surface area contributed by atoms with Crippen molar-refractivity contribution < 1.29 is 9.53 Å². The molecule has 0 radical (unpaired) electrons. The van der Waals surface area contributed by atoms with Gasteiger partial charge in [-0.2, -0.15) is 0 Å². The fourth-order valence-corrected chi connectivity index (χ4v) is 1.93. The first kappa shape index (κ1) is 16.0. The molecule has 0 unspecified atom stereocenters. The molecule has 1 amide bonds. The Labute approximate surface area is 120 Å². The summed E-state index contributed by atoms with van der Waals surface area (Å²) in [5.41, 5.74) is 13.0. The highest BCUT2D eigenvalue weighted by molar-refractivity contribution is 5.80. The number of primary amides is 1. The third-order valence-corrected chi connectivity index (χ3v) is 3.36. The zero-order valence-electron chi connectivity index (χ0n) is 12.3. The molecule has 0 bridgehead atoms. The van der Waals surface area contributed by atoms with Crippen molar-refractivity contribution >= 4 is 5.91 Å². The van der Waals surface area contributed by atoms with Crippen molar-refractivity contribution in [3.05, 3.63) is 42.1 Å². The fraction of sp³-hybridized carbons (Fsp3) is 0.400.